The Balaban J connectivity index is 0.000000595. The van der Waals surface area contributed by atoms with Crippen molar-refractivity contribution < 1.29 is 14.6 Å². The van der Waals surface area contributed by atoms with Crippen LogP contribution >= 0.6 is 0 Å². The molecule has 0 radical (unpaired) electrons. The fourth-order valence-electron chi connectivity index (χ4n) is 2.81. The van der Waals surface area contributed by atoms with Crippen molar-refractivity contribution in [1.82, 2.24) is 10.2 Å². The van der Waals surface area contributed by atoms with Crippen molar-refractivity contribution in [3.05, 3.63) is 35.1 Å². The van der Waals surface area contributed by atoms with E-state index in [1.807, 2.05) is 53.1 Å². The van der Waals surface area contributed by atoms with E-state index in [0.29, 0.717) is 24.4 Å². The summed E-state index contributed by atoms with van der Waals surface area (Å²) in [6.45, 7) is 6.26. The van der Waals surface area contributed by atoms with E-state index in [4.69, 9.17) is 4.74 Å². The predicted octanol–water partition coefficient (Wildman–Crippen LogP) is 2.85. The lowest BCUT2D eigenvalue weighted by atomic mass is 9.95. The zero-order valence-electron chi connectivity index (χ0n) is 14.6. The number of fused-ring (bicyclic) bond motifs is 1. The van der Waals surface area contributed by atoms with Crippen LogP contribution in [0.5, 0.6) is 5.75 Å². The quantitative estimate of drug-likeness (QED) is 0.836. The lowest BCUT2D eigenvalue weighted by Crippen LogP contribution is -2.38. The Morgan fingerprint density at radius 2 is 1.96 bits per heavy atom. The van der Waals surface area contributed by atoms with E-state index in [2.05, 4.69) is 5.32 Å². The maximum absolute atomic E-state index is 12.1. The fraction of sp³-hybridized carbons (Fsp3) is 0.500. The minimum atomic E-state index is -0.819. The normalized spacial score (nSPS) is 19.0. The maximum Gasteiger partial charge on any atom is 0.227 e. The monoisotopic (exact) mass is 318 g/mol. The van der Waals surface area contributed by atoms with Gasteiger partial charge in [0.05, 0.1) is 5.70 Å². The standard InChI is InChI=1S/C16H19NO3.C2H7N/c1-10-6-7-12-11(9-10)14(15(19)16(2,3)20-12)17-8-4-5-13(17)18;1-3-2/h6-7,9,19H,4-5,8H2,1-3H3;3H,1-2H3. The Bertz CT molecular complexity index is 635. The summed E-state index contributed by atoms with van der Waals surface area (Å²) in [5, 5.41) is 13.3. The average Bonchev–Trinajstić information content (AvgIpc) is 2.88. The molecule has 1 fully saturated rings. The number of nitrogens with zero attached hydrogens (tertiary/aromatic N) is 1. The summed E-state index contributed by atoms with van der Waals surface area (Å²) >= 11 is 0. The third-order valence-corrected chi connectivity index (χ3v) is 3.89. The number of hydrogen-bond donors (Lipinski definition) is 2. The van der Waals surface area contributed by atoms with Gasteiger partial charge in [0.2, 0.25) is 5.91 Å². The number of likely N-dealkylation sites (tertiary alicyclic amines) is 1. The molecule has 1 saturated heterocycles. The molecule has 1 amide bonds. The van der Waals surface area contributed by atoms with Crippen molar-refractivity contribution in [3.63, 3.8) is 0 Å². The van der Waals surface area contributed by atoms with Crippen LogP contribution in [-0.4, -0.2) is 42.2 Å². The van der Waals surface area contributed by atoms with Gasteiger partial charge in [-0.05, 0) is 53.4 Å². The summed E-state index contributed by atoms with van der Waals surface area (Å²) in [5.74, 6) is 0.913. The Kier molecular flexibility index (Phi) is 5.00. The van der Waals surface area contributed by atoms with Gasteiger partial charge < -0.3 is 20.1 Å². The van der Waals surface area contributed by atoms with E-state index in [0.717, 1.165) is 17.5 Å². The molecule has 0 bridgehead atoms. The molecule has 5 heteroatoms. The molecule has 23 heavy (non-hydrogen) atoms. The van der Waals surface area contributed by atoms with Crippen LogP contribution < -0.4 is 10.1 Å². The zero-order valence-corrected chi connectivity index (χ0v) is 14.6. The molecule has 0 unspecified atom stereocenters. The third kappa shape index (κ3) is 3.34. The van der Waals surface area contributed by atoms with Crippen LogP contribution in [-0.2, 0) is 4.79 Å². The lowest BCUT2D eigenvalue weighted by Gasteiger charge is -2.36. The van der Waals surface area contributed by atoms with Crippen LogP contribution in [0, 0.1) is 6.92 Å². The van der Waals surface area contributed by atoms with Gasteiger partial charge in [-0.1, -0.05) is 11.6 Å². The van der Waals surface area contributed by atoms with Gasteiger partial charge in [0.1, 0.15) is 5.75 Å². The number of hydrogen-bond acceptors (Lipinski definition) is 4. The Morgan fingerprint density at radius 1 is 1.30 bits per heavy atom. The van der Waals surface area contributed by atoms with Gasteiger partial charge in [-0.3, -0.25) is 4.79 Å². The van der Waals surface area contributed by atoms with Crippen LogP contribution in [0.1, 0.15) is 37.8 Å². The molecule has 2 aliphatic heterocycles. The van der Waals surface area contributed by atoms with Gasteiger partial charge in [-0.2, -0.15) is 0 Å². The molecule has 5 nitrogen and oxygen atoms in total. The Morgan fingerprint density at radius 3 is 2.52 bits per heavy atom. The van der Waals surface area contributed by atoms with E-state index < -0.39 is 5.60 Å². The first-order valence-corrected chi connectivity index (χ1v) is 7.94. The minimum absolute atomic E-state index is 0.0664. The number of amides is 1. The smallest absolute Gasteiger partial charge is 0.227 e. The van der Waals surface area contributed by atoms with E-state index in [1.54, 1.807) is 4.90 Å². The molecule has 3 rings (SSSR count). The van der Waals surface area contributed by atoms with Crippen molar-refractivity contribution in [2.45, 2.75) is 39.2 Å². The van der Waals surface area contributed by atoms with Crippen LogP contribution in [0.15, 0.2) is 24.0 Å². The molecule has 0 aromatic heterocycles. The number of carbonyl (C=O) groups is 1. The summed E-state index contributed by atoms with van der Waals surface area (Å²) in [5.41, 5.74) is 1.67. The first-order valence-electron chi connectivity index (χ1n) is 7.94. The summed E-state index contributed by atoms with van der Waals surface area (Å²) in [6, 6.07) is 5.84. The van der Waals surface area contributed by atoms with Gasteiger partial charge in [-0.15, -0.1) is 0 Å². The number of carbonyl (C=O) groups excluding carboxylic acids is 1. The highest BCUT2D eigenvalue weighted by Gasteiger charge is 2.39. The Labute approximate surface area is 137 Å². The lowest BCUT2D eigenvalue weighted by molar-refractivity contribution is -0.125. The van der Waals surface area contributed by atoms with Crippen LogP contribution in [0.2, 0.25) is 0 Å². The van der Waals surface area contributed by atoms with Crippen molar-refractivity contribution in [2.75, 3.05) is 20.6 Å². The number of aliphatic hydroxyl groups excluding tert-OH is 1. The number of nitrogens with one attached hydrogen (secondary N) is 1. The van der Waals surface area contributed by atoms with Crippen molar-refractivity contribution >= 4 is 11.6 Å². The van der Waals surface area contributed by atoms with Crippen molar-refractivity contribution in [2.24, 2.45) is 0 Å². The van der Waals surface area contributed by atoms with Gasteiger partial charge in [0.15, 0.2) is 11.4 Å². The summed E-state index contributed by atoms with van der Waals surface area (Å²) in [7, 11) is 3.75. The summed E-state index contributed by atoms with van der Waals surface area (Å²) in [4.78, 5) is 13.8. The number of benzene rings is 1. The summed E-state index contributed by atoms with van der Waals surface area (Å²) in [6.07, 6.45) is 1.37. The van der Waals surface area contributed by atoms with Crippen LogP contribution in [0.3, 0.4) is 0 Å². The third-order valence-electron chi connectivity index (χ3n) is 3.89. The molecule has 0 aliphatic carbocycles. The number of rotatable bonds is 1. The second kappa shape index (κ2) is 6.62. The summed E-state index contributed by atoms with van der Waals surface area (Å²) < 4.78 is 5.87. The molecule has 126 valence electrons. The second-order valence-corrected chi connectivity index (χ2v) is 6.46. The molecular weight excluding hydrogens is 292 g/mol. The molecule has 0 saturated carbocycles. The van der Waals surface area contributed by atoms with Gasteiger partial charge in [0, 0.05) is 18.5 Å². The number of aryl methyl sites for hydroxylation is 1. The highest BCUT2D eigenvalue weighted by molar-refractivity contribution is 5.91. The maximum atomic E-state index is 12.1. The molecular formula is C18H26N2O3. The molecule has 2 heterocycles. The van der Waals surface area contributed by atoms with E-state index in [1.165, 1.54) is 0 Å². The van der Waals surface area contributed by atoms with E-state index in [9.17, 15) is 9.90 Å². The van der Waals surface area contributed by atoms with E-state index in [-0.39, 0.29) is 11.7 Å². The predicted molar refractivity (Wildman–Crippen MR) is 91.4 cm³/mol. The molecule has 1 aromatic carbocycles. The molecule has 0 spiro atoms. The van der Waals surface area contributed by atoms with Gasteiger partial charge >= 0.3 is 0 Å². The van der Waals surface area contributed by atoms with Crippen LogP contribution in [0.25, 0.3) is 5.70 Å². The topological polar surface area (TPSA) is 61.8 Å². The SMILES string of the molecule is CNC.Cc1ccc2c(c1)C(N1CCCC1=O)=C(O)C(C)(C)O2. The number of ether oxygens (including phenoxy) is 1. The molecule has 2 N–H and O–H groups in total. The van der Waals surface area contributed by atoms with E-state index >= 15 is 0 Å². The largest absolute Gasteiger partial charge is 0.506 e. The highest BCUT2D eigenvalue weighted by Crippen LogP contribution is 2.42. The van der Waals surface area contributed by atoms with Crippen molar-refractivity contribution in [3.8, 4) is 5.75 Å². The average molecular weight is 318 g/mol. The first kappa shape index (κ1) is 17.3. The highest BCUT2D eigenvalue weighted by atomic mass is 16.5. The molecule has 0 atom stereocenters. The molecule has 2 aliphatic rings. The van der Waals surface area contributed by atoms with Gasteiger partial charge in [-0.25, -0.2) is 0 Å². The number of aliphatic hydroxyl groups is 1. The van der Waals surface area contributed by atoms with Crippen molar-refractivity contribution in [1.29, 1.82) is 0 Å². The first-order chi connectivity index (χ1) is 10.8. The Hall–Kier alpha value is -2.01. The van der Waals surface area contributed by atoms with Crippen LogP contribution in [0.4, 0.5) is 0 Å². The minimum Gasteiger partial charge on any atom is -0.506 e. The second-order valence-electron chi connectivity index (χ2n) is 6.46. The fourth-order valence-corrected chi connectivity index (χ4v) is 2.81. The molecule has 1 aromatic rings. The van der Waals surface area contributed by atoms with Gasteiger partial charge in [0.25, 0.3) is 0 Å². The zero-order chi connectivity index (χ0) is 17.2.